The monoisotopic (exact) mass is 562 g/mol. The molecule has 1 saturated heterocycles. The van der Waals surface area contributed by atoms with Gasteiger partial charge in [0.1, 0.15) is 12.2 Å². The van der Waals surface area contributed by atoms with Crippen LogP contribution in [0.5, 0.6) is 0 Å². The number of ether oxygens (including phenoxy) is 2. The van der Waals surface area contributed by atoms with E-state index in [1.54, 1.807) is 56.3 Å². The van der Waals surface area contributed by atoms with Gasteiger partial charge < -0.3 is 14.6 Å². The molecule has 4 rings (SSSR count). The van der Waals surface area contributed by atoms with Gasteiger partial charge in [0.15, 0.2) is 12.4 Å². The van der Waals surface area contributed by atoms with E-state index in [1.165, 1.54) is 36.4 Å². The Morgan fingerprint density at radius 1 is 0.789 bits per heavy atom. The van der Waals surface area contributed by atoms with Crippen molar-refractivity contribution >= 4 is 26.2 Å². The molecular formula is C26H26O10S2. The van der Waals surface area contributed by atoms with Gasteiger partial charge >= 0.3 is 5.97 Å². The fraction of sp³-hybridized carbons (Fsp3) is 0.269. The Kier molecular flexibility index (Phi) is 8.31. The van der Waals surface area contributed by atoms with E-state index in [0.29, 0.717) is 0 Å². The summed E-state index contributed by atoms with van der Waals surface area (Å²) in [6, 6.07) is 19.5. The lowest BCUT2D eigenvalue weighted by Gasteiger charge is -2.23. The zero-order valence-corrected chi connectivity index (χ0v) is 22.1. The molecule has 0 bridgehead atoms. The van der Waals surface area contributed by atoms with Crippen LogP contribution in [0.3, 0.4) is 0 Å². The molecule has 3 aromatic carbocycles. The van der Waals surface area contributed by atoms with E-state index < -0.39 is 57.4 Å². The summed E-state index contributed by atoms with van der Waals surface area (Å²) in [5.41, 5.74) is 1.79. The molecule has 0 amide bonds. The van der Waals surface area contributed by atoms with Gasteiger partial charge in [-0.25, -0.2) is 4.79 Å². The SMILES string of the molecule is Cc1ccc(S(=O)(=O)OC[C@@H]2O[C@@H](O)[C@@H](OC(=O)c3ccccc3)[C@H]2OS(=O)(=O)c2ccc(C)cc2)cc1. The second kappa shape index (κ2) is 11.3. The van der Waals surface area contributed by atoms with Crippen molar-refractivity contribution in [2.45, 2.75) is 48.2 Å². The summed E-state index contributed by atoms with van der Waals surface area (Å²) in [5, 5.41) is 10.5. The Bertz CT molecular complexity index is 1470. The standard InChI is InChI=1S/C26H26O10S2/c1-17-8-12-20(13-9-17)37(29,30)33-16-22-23(36-38(31,32)21-14-10-18(2)11-15-21)24(26(28)34-22)35-25(27)19-6-4-3-5-7-19/h3-15,22-24,26,28H,16H2,1-2H3/t22-,23-,24-,26+/m0/s1. The van der Waals surface area contributed by atoms with Gasteiger partial charge in [0, 0.05) is 0 Å². The van der Waals surface area contributed by atoms with E-state index in [-0.39, 0.29) is 15.4 Å². The third-order valence-electron chi connectivity index (χ3n) is 5.78. The Labute approximate surface area is 221 Å². The lowest BCUT2D eigenvalue weighted by molar-refractivity contribution is -0.133. The third kappa shape index (κ3) is 6.46. The molecule has 1 aliphatic heterocycles. The zero-order valence-electron chi connectivity index (χ0n) is 20.5. The summed E-state index contributed by atoms with van der Waals surface area (Å²) in [5.74, 6) is -0.867. The van der Waals surface area contributed by atoms with E-state index in [2.05, 4.69) is 0 Å². The highest BCUT2D eigenvalue weighted by Gasteiger charge is 2.50. The van der Waals surface area contributed by atoms with Crippen LogP contribution in [0.2, 0.25) is 0 Å². The highest BCUT2D eigenvalue weighted by atomic mass is 32.2. The number of aryl methyl sites for hydroxylation is 2. The van der Waals surface area contributed by atoms with Gasteiger partial charge in [-0.15, -0.1) is 0 Å². The fourth-order valence-electron chi connectivity index (χ4n) is 3.69. The van der Waals surface area contributed by atoms with Crippen molar-refractivity contribution < 1.29 is 44.6 Å². The molecular weight excluding hydrogens is 536 g/mol. The molecule has 38 heavy (non-hydrogen) atoms. The lowest BCUT2D eigenvalue weighted by Crippen LogP contribution is -2.42. The Morgan fingerprint density at radius 3 is 1.87 bits per heavy atom. The molecule has 4 atom stereocenters. The molecule has 0 aromatic heterocycles. The van der Waals surface area contributed by atoms with E-state index >= 15 is 0 Å². The van der Waals surface area contributed by atoms with Crippen molar-refractivity contribution in [2.24, 2.45) is 0 Å². The van der Waals surface area contributed by atoms with Gasteiger partial charge in [0.2, 0.25) is 0 Å². The summed E-state index contributed by atoms with van der Waals surface area (Å²) >= 11 is 0. The summed E-state index contributed by atoms with van der Waals surface area (Å²) in [7, 11) is -8.71. The number of aliphatic hydroxyl groups is 1. The fourth-order valence-corrected chi connectivity index (χ4v) is 5.71. The van der Waals surface area contributed by atoms with Crippen LogP contribution in [-0.2, 0) is 38.1 Å². The van der Waals surface area contributed by atoms with Crippen LogP contribution in [-0.4, -0.2) is 59.1 Å². The van der Waals surface area contributed by atoms with E-state index in [1.807, 2.05) is 0 Å². The van der Waals surface area contributed by atoms with Crippen molar-refractivity contribution in [1.82, 2.24) is 0 Å². The van der Waals surface area contributed by atoms with Crippen LogP contribution in [0.1, 0.15) is 21.5 Å². The summed E-state index contributed by atoms with van der Waals surface area (Å²) in [6.45, 7) is 2.85. The minimum Gasteiger partial charge on any atom is -0.450 e. The normalized spacial score (nSPS) is 21.8. The van der Waals surface area contributed by atoms with Gasteiger partial charge in [-0.3, -0.25) is 8.37 Å². The molecule has 12 heteroatoms. The highest BCUT2D eigenvalue weighted by Crippen LogP contribution is 2.30. The smallest absolute Gasteiger partial charge is 0.338 e. The molecule has 0 saturated carbocycles. The predicted molar refractivity (Wildman–Crippen MR) is 134 cm³/mol. The summed E-state index contributed by atoms with van der Waals surface area (Å²) < 4.78 is 72.7. The van der Waals surface area contributed by atoms with Crippen molar-refractivity contribution in [3.63, 3.8) is 0 Å². The number of carbonyl (C=O) groups excluding carboxylic acids is 1. The maximum Gasteiger partial charge on any atom is 0.338 e. The number of esters is 1. The van der Waals surface area contributed by atoms with E-state index in [0.717, 1.165) is 11.1 Å². The average molecular weight is 563 g/mol. The highest BCUT2D eigenvalue weighted by molar-refractivity contribution is 7.87. The van der Waals surface area contributed by atoms with Crippen molar-refractivity contribution in [1.29, 1.82) is 0 Å². The van der Waals surface area contributed by atoms with Crippen LogP contribution in [0.25, 0.3) is 0 Å². The summed E-state index contributed by atoms with van der Waals surface area (Å²) in [6.07, 6.45) is -6.49. The molecule has 0 radical (unpaired) electrons. The first-order valence-electron chi connectivity index (χ1n) is 11.5. The summed E-state index contributed by atoms with van der Waals surface area (Å²) in [4.78, 5) is 12.4. The molecule has 1 N–H and O–H groups in total. The van der Waals surface area contributed by atoms with Gasteiger partial charge in [-0.2, -0.15) is 16.8 Å². The largest absolute Gasteiger partial charge is 0.450 e. The van der Waals surface area contributed by atoms with Gasteiger partial charge in [-0.1, -0.05) is 53.6 Å². The minimum absolute atomic E-state index is 0.126. The molecule has 0 aliphatic carbocycles. The molecule has 3 aromatic rings. The minimum atomic E-state index is -4.45. The predicted octanol–water partition coefficient (Wildman–Crippen LogP) is 2.73. The average Bonchev–Trinajstić information content (AvgIpc) is 3.17. The van der Waals surface area contributed by atoms with Crippen molar-refractivity contribution in [3.05, 3.63) is 95.6 Å². The van der Waals surface area contributed by atoms with Crippen LogP contribution in [0.4, 0.5) is 0 Å². The molecule has 10 nitrogen and oxygen atoms in total. The van der Waals surface area contributed by atoms with Crippen LogP contribution >= 0.6 is 0 Å². The number of hydrogen-bond donors (Lipinski definition) is 1. The zero-order chi connectivity index (χ0) is 27.5. The first-order valence-corrected chi connectivity index (χ1v) is 14.3. The van der Waals surface area contributed by atoms with Crippen molar-refractivity contribution in [2.75, 3.05) is 6.61 Å². The number of carbonyl (C=O) groups is 1. The number of aliphatic hydroxyl groups excluding tert-OH is 1. The van der Waals surface area contributed by atoms with Gasteiger partial charge in [-0.05, 0) is 50.2 Å². The van der Waals surface area contributed by atoms with Crippen LogP contribution in [0, 0.1) is 13.8 Å². The molecule has 1 heterocycles. The maximum absolute atomic E-state index is 13.0. The van der Waals surface area contributed by atoms with Gasteiger partial charge in [0.25, 0.3) is 20.2 Å². The van der Waals surface area contributed by atoms with E-state index in [4.69, 9.17) is 17.8 Å². The first kappa shape index (κ1) is 27.9. The van der Waals surface area contributed by atoms with Crippen LogP contribution < -0.4 is 0 Å². The topological polar surface area (TPSA) is 143 Å². The second-order valence-electron chi connectivity index (χ2n) is 8.68. The molecule has 1 aliphatic rings. The first-order chi connectivity index (χ1) is 18.0. The molecule has 0 unspecified atom stereocenters. The Hall–Kier alpha value is -3.13. The number of rotatable bonds is 9. The van der Waals surface area contributed by atoms with Gasteiger partial charge in [0.05, 0.1) is 22.0 Å². The number of benzene rings is 3. The lowest BCUT2D eigenvalue weighted by atomic mass is 10.1. The molecule has 202 valence electrons. The number of hydrogen-bond acceptors (Lipinski definition) is 10. The Balaban J connectivity index is 1.59. The maximum atomic E-state index is 13.0. The van der Waals surface area contributed by atoms with Crippen LogP contribution in [0.15, 0.2) is 88.7 Å². The second-order valence-corrected chi connectivity index (χ2v) is 11.9. The quantitative estimate of drug-likeness (QED) is 0.305. The van der Waals surface area contributed by atoms with Crippen molar-refractivity contribution in [3.8, 4) is 0 Å². The molecule has 0 spiro atoms. The van der Waals surface area contributed by atoms with E-state index in [9.17, 15) is 26.7 Å². The Morgan fingerprint density at radius 2 is 1.32 bits per heavy atom. The third-order valence-corrected chi connectivity index (χ3v) is 8.40. The molecule has 1 fully saturated rings.